The maximum Gasteiger partial charge on any atom is 0.333 e. The molecular weight excluding hydrogens is 449 g/mol. The second-order valence-corrected chi connectivity index (χ2v) is 7.54. The van der Waals surface area contributed by atoms with Crippen molar-refractivity contribution in [2.45, 2.75) is 18.9 Å². The summed E-state index contributed by atoms with van der Waals surface area (Å²) >= 11 is 11.8. The van der Waals surface area contributed by atoms with E-state index in [1.54, 1.807) is 12.1 Å². The van der Waals surface area contributed by atoms with Crippen LogP contribution < -0.4 is 10.2 Å². The number of rotatable bonds is 5. The van der Waals surface area contributed by atoms with Crippen molar-refractivity contribution < 1.29 is 28.8 Å². The summed E-state index contributed by atoms with van der Waals surface area (Å²) in [7, 11) is 0. The van der Waals surface area contributed by atoms with Crippen LogP contribution in [0.4, 0.5) is 10.5 Å². The highest BCUT2D eigenvalue weighted by molar-refractivity contribution is 6.42. The third-order valence-electron chi connectivity index (χ3n) is 4.77. The van der Waals surface area contributed by atoms with E-state index in [0.717, 1.165) is 4.90 Å². The highest BCUT2D eigenvalue weighted by Gasteiger charge is 2.41. The molecule has 0 bridgehead atoms. The topological polar surface area (TPSA) is 113 Å². The Bertz CT molecular complexity index is 1120. The second kappa shape index (κ2) is 8.01. The van der Waals surface area contributed by atoms with E-state index in [4.69, 9.17) is 28.0 Å². The van der Waals surface area contributed by atoms with E-state index in [2.05, 4.69) is 5.32 Å². The molecule has 2 heterocycles. The normalized spacial score (nSPS) is 17.8. The van der Waals surface area contributed by atoms with Crippen LogP contribution in [0.25, 0.3) is 0 Å². The van der Waals surface area contributed by atoms with E-state index in [1.165, 1.54) is 30.3 Å². The van der Waals surface area contributed by atoms with E-state index in [9.17, 15) is 24.0 Å². The number of nitrogens with zero attached hydrogens (tertiary/aromatic N) is 2. The number of hydroxylamine groups is 2. The van der Waals surface area contributed by atoms with Gasteiger partial charge in [-0.3, -0.25) is 14.4 Å². The molecule has 2 aliphatic rings. The van der Waals surface area contributed by atoms with Crippen molar-refractivity contribution >= 4 is 58.6 Å². The van der Waals surface area contributed by atoms with Crippen LogP contribution in [-0.2, 0) is 14.4 Å². The first-order valence-electron chi connectivity index (χ1n) is 9.06. The summed E-state index contributed by atoms with van der Waals surface area (Å²) in [5, 5.41) is 3.31. The molecule has 0 spiro atoms. The van der Waals surface area contributed by atoms with E-state index in [0.29, 0.717) is 5.06 Å². The number of halogens is 2. The van der Waals surface area contributed by atoms with Gasteiger partial charge in [0.15, 0.2) is 0 Å². The first-order valence-corrected chi connectivity index (χ1v) is 9.81. The van der Waals surface area contributed by atoms with Gasteiger partial charge in [0.25, 0.3) is 17.7 Å². The third-order valence-corrected chi connectivity index (χ3v) is 5.51. The highest BCUT2D eigenvalue weighted by atomic mass is 35.5. The van der Waals surface area contributed by atoms with E-state index in [1.807, 2.05) is 0 Å². The molecule has 158 valence electrons. The Morgan fingerprint density at radius 1 is 0.968 bits per heavy atom. The van der Waals surface area contributed by atoms with Crippen molar-refractivity contribution in [1.82, 2.24) is 10.4 Å². The Kier molecular flexibility index (Phi) is 5.38. The molecule has 1 saturated heterocycles. The quantitative estimate of drug-likeness (QED) is 0.540. The number of benzene rings is 2. The van der Waals surface area contributed by atoms with Crippen molar-refractivity contribution in [3.05, 3.63) is 63.6 Å². The number of carbonyl (C=O) groups is 5. The zero-order valence-corrected chi connectivity index (χ0v) is 17.1. The smallest absolute Gasteiger partial charge is 0.330 e. The molecule has 2 aromatic carbocycles. The van der Waals surface area contributed by atoms with Gasteiger partial charge >= 0.3 is 12.0 Å². The number of imide groups is 2. The molecule has 1 N–H and O–H groups in total. The van der Waals surface area contributed by atoms with Crippen LogP contribution in [0.1, 0.15) is 33.6 Å². The molecular formula is C20H13Cl2N3O6. The Morgan fingerprint density at radius 3 is 2.23 bits per heavy atom. The number of fused-ring (bicyclic) bond motifs is 1. The number of amides is 5. The summed E-state index contributed by atoms with van der Waals surface area (Å²) in [4.78, 5) is 67.3. The van der Waals surface area contributed by atoms with Gasteiger partial charge in [0, 0.05) is 0 Å². The van der Waals surface area contributed by atoms with Gasteiger partial charge < -0.3 is 10.2 Å². The van der Waals surface area contributed by atoms with Gasteiger partial charge in [0.2, 0.25) is 0 Å². The van der Waals surface area contributed by atoms with Crippen molar-refractivity contribution in [1.29, 1.82) is 0 Å². The predicted molar refractivity (Wildman–Crippen MR) is 109 cm³/mol. The van der Waals surface area contributed by atoms with Crippen LogP contribution in [0.5, 0.6) is 0 Å². The molecule has 0 aliphatic carbocycles. The average molecular weight is 462 g/mol. The van der Waals surface area contributed by atoms with Crippen molar-refractivity contribution in [3.63, 3.8) is 0 Å². The lowest BCUT2D eigenvalue weighted by atomic mass is 10.1. The molecule has 2 aromatic rings. The Labute approximate surface area is 185 Å². The highest BCUT2D eigenvalue weighted by Crippen LogP contribution is 2.29. The largest absolute Gasteiger partial charge is 0.333 e. The summed E-state index contributed by atoms with van der Waals surface area (Å²) in [6, 6.07) is 8.70. The number of urea groups is 1. The zero-order valence-electron chi connectivity index (χ0n) is 15.6. The monoisotopic (exact) mass is 461 g/mol. The number of carbonyl (C=O) groups excluding carboxylic acids is 5. The number of hydrogen-bond donors (Lipinski definition) is 1. The zero-order chi connectivity index (χ0) is 22.3. The first kappa shape index (κ1) is 20.8. The third kappa shape index (κ3) is 3.73. The fraction of sp³-hybridized carbons (Fsp3) is 0.150. The molecule has 1 unspecified atom stereocenters. The second-order valence-electron chi connectivity index (χ2n) is 6.73. The summed E-state index contributed by atoms with van der Waals surface area (Å²) < 4.78 is 0. The fourth-order valence-electron chi connectivity index (χ4n) is 3.26. The average Bonchev–Trinajstić information content (AvgIpc) is 3.16. The Morgan fingerprint density at radius 2 is 1.61 bits per heavy atom. The van der Waals surface area contributed by atoms with Gasteiger partial charge in [-0.15, -0.1) is 0 Å². The molecule has 0 aromatic heterocycles. The van der Waals surface area contributed by atoms with Gasteiger partial charge in [-0.25, -0.2) is 14.5 Å². The first-order chi connectivity index (χ1) is 14.8. The van der Waals surface area contributed by atoms with Crippen molar-refractivity contribution in [2.24, 2.45) is 0 Å². The predicted octanol–water partition coefficient (Wildman–Crippen LogP) is 2.95. The molecule has 11 heteroatoms. The minimum absolute atomic E-state index is 0.0929. The van der Waals surface area contributed by atoms with Crippen LogP contribution in [0.2, 0.25) is 10.0 Å². The SMILES string of the molecule is O=C(CCC1NC(=O)N(c2ccc(Cl)c(Cl)c2)C1=O)ON1C(=O)c2ccccc2C1=O. The van der Waals surface area contributed by atoms with Crippen LogP contribution in [0.15, 0.2) is 42.5 Å². The van der Waals surface area contributed by atoms with E-state index >= 15 is 0 Å². The molecule has 2 aliphatic heterocycles. The molecule has 5 amide bonds. The minimum atomic E-state index is -0.989. The lowest BCUT2D eigenvalue weighted by Gasteiger charge is -2.14. The van der Waals surface area contributed by atoms with Crippen LogP contribution >= 0.6 is 23.2 Å². The van der Waals surface area contributed by atoms with Crippen LogP contribution in [0, 0.1) is 0 Å². The summed E-state index contributed by atoms with van der Waals surface area (Å²) in [6.07, 6.45) is -0.413. The molecule has 0 saturated carbocycles. The van der Waals surface area contributed by atoms with Gasteiger partial charge in [-0.05, 0) is 36.8 Å². The minimum Gasteiger partial charge on any atom is -0.330 e. The number of nitrogens with one attached hydrogen (secondary N) is 1. The Balaban J connectivity index is 1.37. The standard InChI is InChI=1S/C20H13Cl2N3O6/c21-13-6-5-10(9-14(13)22)24-19(29)15(23-20(24)30)7-8-16(26)31-25-17(27)11-3-1-2-4-12(11)18(25)28/h1-6,9,15H,7-8H2,(H,23,30). The van der Waals surface area contributed by atoms with Crippen molar-refractivity contribution in [2.75, 3.05) is 4.90 Å². The van der Waals surface area contributed by atoms with Gasteiger partial charge in [0.1, 0.15) is 6.04 Å². The van der Waals surface area contributed by atoms with Gasteiger partial charge in [-0.1, -0.05) is 40.4 Å². The van der Waals surface area contributed by atoms with Crippen LogP contribution in [-0.4, -0.2) is 40.8 Å². The van der Waals surface area contributed by atoms with Crippen LogP contribution in [0.3, 0.4) is 0 Å². The van der Waals surface area contributed by atoms with E-state index < -0.39 is 35.8 Å². The Hall–Kier alpha value is -3.43. The number of hydrogen-bond acceptors (Lipinski definition) is 6. The summed E-state index contributed by atoms with van der Waals surface area (Å²) in [6.45, 7) is 0. The number of anilines is 1. The lowest BCUT2D eigenvalue weighted by molar-refractivity contribution is -0.168. The maximum atomic E-state index is 12.6. The maximum absolute atomic E-state index is 12.6. The van der Waals surface area contributed by atoms with Crippen molar-refractivity contribution in [3.8, 4) is 0 Å². The lowest BCUT2D eigenvalue weighted by Crippen LogP contribution is -2.34. The van der Waals surface area contributed by atoms with Gasteiger partial charge in [0.05, 0.1) is 33.3 Å². The molecule has 1 atom stereocenters. The van der Waals surface area contributed by atoms with E-state index in [-0.39, 0.29) is 39.7 Å². The summed E-state index contributed by atoms with van der Waals surface area (Å²) in [5.74, 6) is -2.98. The van der Waals surface area contributed by atoms with Gasteiger partial charge in [-0.2, -0.15) is 0 Å². The molecule has 4 rings (SSSR count). The molecule has 0 radical (unpaired) electrons. The fourth-order valence-corrected chi connectivity index (χ4v) is 3.55. The molecule has 1 fully saturated rings. The molecule has 9 nitrogen and oxygen atoms in total. The summed E-state index contributed by atoms with van der Waals surface area (Å²) in [5.41, 5.74) is 0.500. The molecule has 31 heavy (non-hydrogen) atoms.